The quantitative estimate of drug-likeness (QED) is 0.799. The van der Waals surface area contributed by atoms with Crippen LogP contribution < -0.4 is 5.32 Å². The van der Waals surface area contributed by atoms with E-state index in [0.717, 1.165) is 19.3 Å². The number of nitrogens with one attached hydrogen (secondary N) is 1. The molecule has 7 heteroatoms. The number of carbonyl (C=O) groups excluding carboxylic acids is 1. The monoisotopic (exact) mass is 323 g/mol. The van der Waals surface area contributed by atoms with Crippen LogP contribution in [0.5, 0.6) is 0 Å². The van der Waals surface area contributed by atoms with Crippen LogP contribution in [-0.4, -0.2) is 46.2 Å². The zero-order valence-electron chi connectivity index (χ0n) is 13.7. The Labute approximate surface area is 136 Å². The van der Waals surface area contributed by atoms with Gasteiger partial charge in [0.1, 0.15) is 5.76 Å². The van der Waals surface area contributed by atoms with Crippen molar-refractivity contribution in [1.29, 1.82) is 0 Å². The molecule has 1 aliphatic heterocycles. The second-order valence-electron chi connectivity index (χ2n) is 6.12. The molecule has 0 aliphatic carbocycles. The fraction of sp³-hybridized carbons (Fsp3) is 0.688. The van der Waals surface area contributed by atoms with Gasteiger partial charge in [-0.2, -0.15) is 0 Å². The van der Waals surface area contributed by atoms with E-state index in [2.05, 4.69) is 22.3 Å². The minimum absolute atomic E-state index is 0.0967. The van der Waals surface area contributed by atoms with Crippen LogP contribution in [0.1, 0.15) is 44.8 Å². The molecular formula is C16H25N3O4. The molecule has 1 aromatic heterocycles. The number of anilines is 1. The molecule has 2 N–H and O–H groups in total. The number of carbonyl (C=O) groups is 2. The molecule has 0 saturated carbocycles. The number of aryl methyl sites for hydroxylation is 1. The highest BCUT2D eigenvalue weighted by Gasteiger charge is 2.31. The maximum atomic E-state index is 12.6. The summed E-state index contributed by atoms with van der Waals surface area (Å²) in [6, 6.07) is 1.44. The number of rotatable bonds is 7. The lowest BCUT2D eigenvalue weighted by Crippen LogP contribution is -2.48. The first-order chi connectivity index (χ1) is 11.0. The summed E-state index contributed by atoms with van der Waals surface area (Å²) < 4.78 is 4.97. The van der Waals surface area contributed by atoms with Crippen LogP contribution in [0.4, 0.5) is 5.82 Å². The molecule has 23 heavy (non-hydrogen) atoms. The Balaban J connectivity index is 1.98. The molecule has 1 aliphatic rings. The molecule has 2 rings (SSSR count). The van der Waals surface area contributed by atoms with Gasteiger partial charge in [-0.3, -0.25) is 14.5 Å². The van der Waals surface area contributed by atoms with E-state index in [1.807, 2.05) is 0 Å². The van der Waals surface area contributed by atoms with E-state index in [9.17, 15) is 9.59 Å². The van der Waals surface area contributed by atoms with Gasteiger partial charge in [0.25, 0.3) is 0 Å². The minimum atomic E-state index is -0.739. The summed E-state index contributed by atoms with van der Waals surface area (Å²) >= 11 is 0. The molecule has 2 heterocycles. The second-order valence-corrected chi connectivity index (χ2v) is 6.12. The van der Waals surface area contributed by atoms with E-state index >= 15 is 0 Å². The highest BCUT2D eigenvalue weighted by molar-refractivity contribution is 5.94. The molecule has 1 aromatic rings. The summed E-state index contributed by atoms with van der Waals surface area (Å²) in [6.45, 7) is 5.13. The third-order valence-electron chi connectivity index (χ3n) is 4.33. The number of carboxylic acids is 1. The van der Waals surface area contributed by atoms with Crippen LogP contribution in [0.2, 0.25) is 0 Å². The summed E-state index contributed by atoms with van der Waals surface area (Å²) in [5, 5.41) is 15.7. The van der Waals surface area contributed by atoms with Crippen LogP contribution in [0, 0.1) is 12.8 Å². The molecule has 1 fully saturated rings. The van der Waals surface area contributed by atoms with Crippen molar-refractivity contribution in [3.8, 4) is 0 Å². The van der Waals surface area contributed by atoms with Crippen LogP contribution in [-0.2, 0) is 9.59 Å². The molecule has 128 valence electrons. The van der Waals surface area contributed by atoms with Crippen LogP contribution in [0.25, 0.3) is 0 Å². The van der Waals surface area contributed by atoms with Crippen LogP contribution >= 0.6 is 0 Å². The van der Waals surface area contributed by atoms with Crippen molar-refractivity contribution < 1.29 is 19.2 Å². The predicted octanol–water partition coefficient (Wildman–Crippen LogP) is 2.28. The Morgan fingerprint density at radius 2 is 2.17 bits per heavy atom. The Bertz CT molecular complexity index is 535. The molecule has 0 spiro atoms. The highest BCUT2D eigenvalue weighted by Crippen LogP contribution is 2.22. The van der Waals surface area contributed by atoms with E-state index < -0.39 is 5.97 Å². The molecule has 0 aromatic carbocycles. The number of aliphatic carboxylic acids is 1. The number of likely N-dealkylation sites (tertiary alicyclic amines) is 1. The van der Waals surface area contributed by atoms with Crippen molar-refractivity contribution in [1.82, 2.24) is 10.1 Å². The average molecular weight is 323 g/mol. The van der Waals surface area contributed by atoms with Gasteiger partial charge in [-0.1, -0.05) is 24.9 Å². The standard InChI is InChI=1S/C16H25N3O4/c1-3-4-5-13(15(20)17-14-10-11(2)23-18-14)19-8-6-12(7-9-19)16(21)22/h10,12-13H,3-9H2,1-2H3,(H,21,22)(H,17,18,20). The fourth-order valence-corrected chi connectivity index (χ4v) is 2.97. The van der Waals surface area contributed by atoms with Gasteiger partial charge in [-0.25, -0.2) is 0 Å². The number of piperidine rings is 1. The second kappa shape index (κ2) is 8.10. The maximum Gasteiger partial charge on any atom is 0.306 e. The van der Waals surface area contributed by atoms with Crippen LogP contribution in [0.3, 0.4) is 0 Å². The van der Waals surface area contributed by atoms with E-state index in [1.165, 1.54) is 0 Å². The zero-order chi connectivity index (χ0) is 16.8. The lowest BCUT2D eigenvalue weighted by Gasteiger charge is -2.35. The number of amides is 1. The zero-order valence-corrected chi connectivity index (χ0v) is 13.7. The van der Waals surface area contributed by atoms with Gasteiger partial charge >= 0.3 is 5.97 Å². The molecular weight excluding hydrogens is 298 g/mol. The molecule has 1 atom stereocenters. The Morgan fingerprint density at radius 3 is 2.70 bits per heavy atom. The van der Waals surface area contributed by atoms with Crippen molar-refractivity contribution in [2.45, 2.75) is 52.0 Å². The normalized spacial score (nSPS) is 17.8. The maximum absolute atomic E-state index is 12.6. The Morgan fingerprint density at radius 1 is 1.48 bits per heavy atom. The lowest BCUT2D eigenvalue weighted by molar-refractivity contribution is -0.143. The molecule has 1 amide bonds. The lowest BCUT2D eigenvalue weighted by atomic mass is 9.94. The number of unbranched alkanes of at least 4 members (excludes halogenated alkanes) is 1. The summed E-state index contributed by atoms with van der Waals surface area (Å²) in [6.07, 6.45) is 3.91. The van der Waals surface area contributed by atoms with Gasteiger partial charge in [0, 0.05) is 6.07 Å². The van der Waals surface area contributed by atoms with Gasteiger partial charge in [0.05, 0.1) is 12.0 Å². The Hall–Kier alpha value is -1.89. The first kappa shape index (κ1) is 17.5. The summed E-state index contributed by atoms with van der Waals surface area (Å²) in [5.41, 5.74) is 0. The number of hydrogen-bond acceptors (Lipinski definition) is 5. The largest absolute Gasteiger partial charge is 0.481 e. The van der Waals surface area contributed by atoms with Crippen molar-refractivity contribution >= 4 is 17.7 Å². The fourth-order valence-electron chi connectivity index (χ4n) is 2.97. The predicted molar refractivity (Wildman–Crippen MR) is 85.1 cm³/mol. The van der Waals surface area contributed by atoms with Gasteiger partial charge in [-0.15, -0.1) is 0 Å². The third kappa shape index (κ3) is 4.79. The SMILES string of the molecule is CCCCC(C(=O)Nc1cc(C)on1)N1CCC(C(=O)O)CC1. The third-order valence-corrected chi connectivity index (χ3v) is 4.33. The van der Waals surface area contributed by atoms with Crippen molar-refractivity contribution in [3.05, 3.63) is 11.8 Å². The van der Waals surface area contributed by atoms with E-state index in [-0.39, 0.29) is 17.9 Å². The minimum Gasteiger partial charge on any atom is -0.481 e. The number of hydrogen-bond donors (Lipinski definition) is 2. The number of aromatic nitrogens is 1. The number of carboxylic acid groups (broad SMARTS) is 1. The van der Waals surface area contributed by atoms with E-state index in [1.54, 1.807) is 13.0 Å². The van der Waals surface area contributed by atoms with Gasteiger partial charge < -0.3 is 14.9 Å². The molecule has 0 bridgehead atoms. The number of nitrogens with zero attached hydrogens (tertiary/aromatic N) is 2. The van der Waals surface area contributed by atoms with E-state index in [0.29, 0.717) is 37.5 Å². The smallest absolute Gasteiger partial charge is 0.306 e. The Kier molecular flexibility index (Phi) is 6.15. The summed E-state index contributed by atoms with van der Waals surface area (Å²) in [5.74, 6) is -0.0563. The van der Waals surface area contributed by atoms with Crippen molar-refractivity contribution in [3.63, 3.8) is 0 Å². The molecule has 7 nitrogen and oxygen atoms in total. The van der Waals surface area contributed by atoms with E-state index in [4.69, 9.17) is 9.63 Å². The molecule has 0 radical (unpaired) electrons. The highest BCUT2D eigenvalue weighted by atomic mass is 16.5. The van der Waals surface area contributed by atoms with Crippen LogP contribution in [0.15, 0.2) is 10.6 Å². The van der Waals surface area contributed by atoms with Gasteiger partial charge in [0.15, 0.2) is 5.82 Å². The van der Waals surface area contributed by atoms with Crippen molar-refractivity contribution in [2.24, 2.45) is 5.92 Å². The topological polar surface area (TPSA) is 95.7 Å². The first-order valence-electron chi connectivity index (χ1n) is 8.22. The first-order valence-corrected chi connectivity index (χ1v) is 8.22. The van der Waals surface area contributed by atoms with Gasteiger partial charge in [-0.05, 0) is 39.3 Å². The molecule has 1 unspecified atom stereocenters. The summed E-state index contributed by atoms with van der Waals surface area (Å²) in [7, 11) is 0. The van der Waals surface area contributed by atoms with Gasteiger partial charge in [0.2, 0.25) is 5.91 Å². The molecule has 1 saturated heterocycles. The van der Waals surface area contributed by atoms with Crippen molar-refractivity contribution in [2.75, 3.05) is 18.4 Å². The summed E-state index contributed by atoms with van der Waals surface area (Å²) in [4.78, 5) is 25.8. The average Bonchev–Trinajstić information content (AvgIpc) is 2.93.